The number of amides is 15. The molecule has 36 heteroatoms. The van der Waals surface area contributed by atoms with Crippen LogP contribution in [0.4, 0.5) is 0 Å². The molecule has 0 saturated carbocycles. The third-order valence-corrected chi connectivity index (χ3v) is 20.3. The van der Waals surface area contributed by atoms with Crippen molar-refractivity contribution in [2.24, 2.45) is 87.5 Å². The van der Waals surface area contributed by atoms with Crippen molar-refractivity contribution in [1.82, 2.24) is 74.4 Å². The van der Waals surface area contributed by atoms with E-state index < -0.39 is 173 Å². The van der Waals surface area contributed by atoms with Gasteiger partial charge in [-0.2, -0.15) is 0 Å². The molecule has 0 aromatic carbocycles. The number of rotatable bonds is 68. The van der Waals surface area contributed by atoms with Crippen LogP contribution in [0.5, 0.6) is 0 Å². The Hall–Kier alpha value is -8.19. The van der Waals surface area contributed by atoms with Gasteiger partial charge in [-0.3, -0.25) is 71.9 Å². The summed E-state index contributed by atoms with van der Waals surface area (Å²) >= 11 is 0. The van der Waals surface area contributed by atoms with Crippen molar-refractivity contribution in [3.8, 4) is 0 Å². The molecule has 0 radical (unpaired) electrons. The van der Waals surface area contributed by atoms with Gasteiger partial charge in [0.2, 0.25) is 88.6 Å². The second kappa shape index (κ2) is 63.7. The van der Waals surface area contributed by atoms with Crippen LogP contribution in [-0.4, -0.2) is 212 Å². The highest BCUT2D eigenvalue weighted by Crippen LogP contribution is 2.19. The summed E-state index contributed by atoms with van der Waals surface area (Å²) in [5, 5.41) is 39.3. The third-order valence-electron chi connectivity index (χ3n) is 20.3. The minimum absolute atomic E-state index is 0.0304. The van der Waals surface area contributed by atoms with Gasteiger partial charge in [-0.15, -0.1) is 0 Å². The Balaban J connectivity index is 7.39. The monoisotopic (exact) mass is 1730 g/mol. The topological polar surface area (TPSA) is 607 Å². The predicted molar refractivity (Wildman–Crippen MR) is 475 cm³/mol. The van der Waals surface area contributed by atoms with Gasteiger partial charge in [0.1, 0.15) is 84.6 Å². The van der Waals surface area contributed by atoms with E-state index in [4.69, 9.17) is 40.1 Å². The van der Waals surface area contributed by atoms with Gasteiger partial charge in [0.15, 0.2) is 0 Å². The fourth-order valence-corrected chi connectivity index (χ4v) is 14.0. The van der Waals surface area contributed by atoms with Crippen LogP contribution in [0.3, 0.4) is 0 Å². The van der Waals surface area contributed by atoms with Crippen LogP contribution >= 0.6 is 0 Å². The molecule has 0 fully saturated rings. The van der Waals surface area contributed by atoms with E-state index in [9.17, 15) is 71.9 Å². The highest BCUT2D eigenvalue weighted by atomic mass is 16.2. The van der Waals surface area contributed by atoms with E-state index in [0.717, 1.165) is 0 Å². The molecule has 122 heavy (non-hydrogen) atoms. The standard InChI is InChI=1S/C86H165N21O15/c1-50(2)42-65(79(115)95-59(73(93)109)30-18-24-36-87)104-84(120)70(47-55(11)12)102-77(113)63(34-22-28-40-91)99-82(118)68(45-53(7)8)107-85(121)71(48-56(13)14)101-76(112)62(33-21-27-39-90)96-75(111)61(32-20-26-38-89)97-80(116)66(43-51(3)4)106-86(122)72(49-57(15)16)103-78(114)64(35-23-29-41-92)98-81(117)67(44-52(5)6)105-83(119)69(46-54(9)10)100-74(110)60(94-58(17)108)31-19-25-37-88/h50-57,59-72H,18-49,87-92H2,1-17H3,(H2,93,109)(H,94,108)(H,95,115)(H,96,111)(H,97,116)(H,98,117)(H,99,118)(H,100,110)(H,101,112)(H,102,113)(H,103,114)(H,104,120)(H,105,119)(H,106,122)(H,107,121)/t59-,60-,61-,62-,63-,64-,65-,66-,67-,68-,69-,70-,71-,72-/m0/s1. The summed E-state index contributed by atoms with van der Waals surface area (Å²) in [4.78, 5) is 214. The zero-order valence-corrected chi connectivity index (χ0v) is 77.0. The molecule has 0 saturated heterocycles. The highest BCUT2D eigenvalue weighted by Gasteiger charge is 2.39. The molecule has 14 atom stereocenters. The minimum atomic E-state index is -1.32. The van der Waals surface area contributed by atoms with Gasteiger partial charge in [-0.05, 0) is 254 Å². The molecule has 36 nitrogen and oxygen atoms in total. The lowest BCUT2D eigenvalue weighted by Crippen LogP contribution is -2.61. The maximum absolute atomic E-state index is 14.9. The molecule has 0 aliphatic carbocycles. The summed E-state index contributed by atoms with van der Waals surface area (Å²) < 4.78 is 0. The molecule has 0 heterocycles. The first kappa shape index (κ1) is 114. The average Bonchev–Trinajstić information content (AvgIpc) is 0.856. The van der Waals surface area contributed by atoms with Crippen molar-refractivity contribution in [2.45, 2.75) is 369 Å². The van der Waals surface area contributed by atoms with Crippen molar-refractivity contribution >= 4 is 88.6 Å². The molecule has 704 valence electrons. The molecule has 0 aromatic rings. The van der Waals surface area contributed by atoms with Crippen molar-refractivity contribution in [3.05, 3.63) is 0 Å². The fourth-order valence-electron chi connectivity index (χ4n) is 14.0. The summed E-state index contributed by atoms with van der Waals surface area (Å²) in [6, 6.07) is -16.9. The van der Waals surface area contributed by atoms with Gasteiger partial charge in [-0.1, -0.05) is 111 Å². The molecule has 0 rings (SSSR count). The lowest BCUT2D eigenvalue weighted by Gasteiger charge is -2.30. The summed E-state index contributed by atoms with van der Waals surface area (Å²) in [6.07, 6.45) is 7.05. The number of nitrogens with one attached hydrogen (secondary N) is 14. The van der Waals surface area contributed by atoms with Crippen LogP contribution in [0, 0.1) is 47.3 Å². The van der Waals surface area contributed by atoms with Gasteiger partial charge < -0.3 is 115 Å². The number of primary amides is 1. The van der Waals surface area contributed by atoms with E-state index >= 15 is 0 Å². The first-order chi connectivity index (χ1) is 57.4. The first-order valence-electron chi connectivity index (χ1n) is 45.1. The van der Waals surface area contributed by atoms with Crippen molar-refractivity contribution in [2.75, 3.05) is 39.3 Å². The van der Waals surface area contributed by atoms with Crippen LogP contribution in [-0.2, 0) is 71.9 Å². The molecule has 0 unspecified atom stereocenters. The van der Waals surface area contributed by atoms with Crippen LogP contribution in [0.15, 0.2) is 0 Å². The molecule has 0 aromatic heterocycles. The first-order valence-corrected chi connectivity index (χ1v) is 45.1. The van der Waals surface area contributed by atoms with Crippen molar-refractivity contribution < 1.29 is 71.9 Å². The number of hydrogen-bond donors (Lipinski definition) is 21. The molecule has 15 amide bonds. The quantitative estimate of drug-likeness (QED) is 0.0383. The van der Waals surface area contributed by atoms with E-state index in [1.165, 1.54) is 6.92 Å². The van der Waals surface area contributed by atoms with Gasteiger partial charge in [0, 0.05) is 6.92 Å². The van der Waals surface area contributed by atoms with E-state index in [0.29, 0.717) is 90.1 Å². The average molecular weight is 1730 g/mol. The number of carbonyl (C=O) groups excluding carboxylic acids is 15. The second-order valence-corrected chi connectivity index (χ2v) is 36.2. The Bertz CT molecular complexity index is 3150. The zero-order valence-electron chi connectivity index (χ0n) is 77.0. The maximum atomic E-state index is 14.9. The van der Waals surface area contributed by atoms with E-state index in [1.807, 2.05) is 111 Å². The van der Waals surface area contributed by atoms with Crippen LogP contribution in [0.1, 0.15) is 285 Å². The maximum Gasteiger partial charge on any atom is 0.243 e. The Kier molecular flexibility index (Phi) is 59.4. The van der Waals surface area contributed by atoms with Gasteiger partial charge in [0.05, 0.1) is 0 Å². The lowest BCUT2D eigenvalue weighted by molar-refractivity contribution is -0.137. The number of unbranched alkanes of at least 4 members (excludes halogenated alkanes) is 6. The normalized spacial score (nSPS) is 15.1. The lowest BCUT2D eigenvalue weighted by atomic mass is 9.98. The molecule has 28 N–H and O–H groups in total. The summed E-state index contributed by atoms with van der Waals surface area (Å²) in [5.41, 5.74) is 40.7. The van der Waals surface area contributed by atoms with Gasteiger partial charge in [-0.25, -0.2) is 0 Å². The van der Waals surface area contributed by atoms with Crippen LogP contribution < -0.4 is 115 Å². The largest absolute Gasteiger partial charge is 0.368 e. The minimum Gasteiger partial charge on any atom is -0.368 e. The molecule has 0 bridgehead atoms. The van der Waals surface area contributed by atoms with Gasteiger partial charge >= 0.3 is 0 Å². The Morgan fingerprint density at radius 2 is 0.295 bits per heavy atom. The Labute approximate surface area is 727 Å². The Morgan fingerprint density at radius 3 is 0.418 bits per heavy atom. The Morgan fingerprint density at radius 1 is 0.180 bits per heavy atom. The smallest absolute Gasteiger partial charge is 0.243 e. The van der Waals surface area contributed by atoms with E-state index in [1.54, 1.807) is 0 Å². The van der Waals surface area contributed by atoms with Crippen molar-refractivity contribution in [1.29, 1.82) is 0 Å². The van der Waals surface area contributed by atoms with Crippen LogP contribution in [0.2, 0.25) is 0 Å². The zero-order chi connectivity index (χ0) is 92.9. The van der Waals surface area contributed by atoms with Gasteiger partial charge in [0.25, 0.3) is 0 Å². The SMILES string of the molecule is CC(=O)N[C@@H](CCCCN)C(=O)N[C@@H](CC(C)C)C(=O)N[C@@H](CC(C)C)C(=O)N[C@@H](CCCCN)C(=O)N[C@@H](CC(C)C)C(=O)N[C@@H](CC(C)C)C(=O)N[C@@H](CCCCN)C(=O)N[C@@H](CCCCN)C(=O)N[C@@H](CC(C)C)C(=O)N[C@@H](CC(C)C)C(=O)N[C@@H](CCCCN)C(=O)N[C@@H](CC(C)C)C(=O)N[C@@H](CC(C)C)C(=O)N[C@@H](CCCCN)C(N)=O. The summed E-state index contributed by atoms with van der Waals surface area (Å²) in [6.45, 7) is 32.5. The second-order valence-electron chi connectivity index (χ2n) is 36.2. The summed E-state index contributed by atoms with van der Waals surface area (Å²) in [7, 11) is 0. The number of nitrogens with two attached hydrogens (primary N) is 7. The van der Waals surface area contributed by atoms with E-state index in [-0.39, 0.29) is 163 Å². The predicted octanol–water partition coefficient (Wildman–Crippen LogP) is 1.42. The molecule has 0 aliphatic rings. The van der Waals surface area contributed by atoms with E-state index in [2.05, 4.69) is 74.4 Å². The summed E-state index contributed by atoms with van der Waals surface area (Å²) in [5.74, 6) is -11.8. The fraction of sp³-hybridized carbons (Fsp3) is 0.826. The molecular weight excluding hydrogens is 1570 g/mol. The van der Waals surface area contributed by atoms with Crippen LogP contribution in [0.25, 0.3) is 0 Å². The molecule has 0 aliphatic heterocycles. The highest BCUT2D eigenvalue weighted by molar-refractivity contribution is 6.00. The number of carbonyl (C=O) groups is 15. The number of hydrogen-bond acceptors (Lipinski definition) is 21. The molecular formula is C86H165N21O15. The molecule has 0 spiro atoms. The third kappa shape index (κ3) is 49.9. The van der Waals surface area contributed by atoms with Crippen molar-refractivity contribution in [3.63, 3.8) is 0 Å².